The molecule has 0 unspecified atom stereocenters. The lowest BCUT2D eigenvalue weighted by molar-refractivity contribution is 0.0738. The molecule has 3 heterocycles. The van der Waals surface area contributed by atoms with Gasteiger partial charge >= 0.3 is 0 Å². The smallest absolute Gasteiger partial charge is 0.256 e. The summed E-state index contributed by atoms with van der Waals surface area (Å²) >= 11 is 2.27. The van der Waals surface area contributed by atoms with Gasteiger partial charge < -0.3 is 4.90 Å². The van der Waals surface area contributed by atoms with Crippen molar-refractivity contribution in [1.29, 1.82) is 0 Å². The maximum atomic E-state index is 12.7. The van der Waals surface area contributed by atoms with Crippen LogP contribution < -0.4 is 0 Å². The number of halogens is 1. The van der Waals surface area contributed by atoms with Crippen molar-refractivity contribution in [2.45, 2.75) is 18.9 Å². The molecular weight excluding hydrogens is 353 g/mol. The summed E-state index contributed by atoms with van der Waals surface area (Å²) in [6, 6.07) is 7.98. The summed E-state index contributed by atoms with van der Waals surface area (Å²) in [7, 11) is 0. The highest BCUT2D eigenvalue weighted by Crippen LogP contribution is 2.39. The van der Waals surface area contributed by atoms with E-state index in [-0.39, 0.29) is 11.9 Å². The molecule has 1 fully saturated rings. The van der Waals surface area contributed by atoms with Crippen LogP contribution in [0.1, 0.15) is 34.9 Å². The summed E-state index contributed by atoms with van der Waals surface area (Å²) < 4.78 is 3.09. The number of hydrogen-bond donors (Lipinski definition) is 0. The minimum Gasteiger partial charge on any atom is -0.330 e. The Labute approximate surface area is 124 Å². The third-order valence-corrected chi connectivity index (χ3v) is 4.81. The van der Waals surface area contributed by atoms with Crippen LogP contribution in [0.4, 0.5) is 0 Å². The van der Waals surface area contributed by atoms with Crippen molar-refractivity contribution in [3.05, 3.63) is 45.6 Å². The fraction of sp³-hybridized carbons (Fsp3) is 0.286. The van der Waals surface area contributed by atoms with Crippen molar-refractivity contribution in [2.24, 2.45) is 0 Å². The molecule has 1 aromatic carbocycles. The van der Waals surface area contributed by atoms with Gasteiger partial charge in [0.15, 0.2) is 0 Å². The molecule has 1 atom stereocenters. The summed E-state index contributed by atoms with van der Waals surface area (Å²) in [5.41, 5.74) is 2.89. The second-order valence-electron chi connectivity index (χ2n) is 4.96. The first-order valence-corrected chi connectivity index (χ1v) is 7.48. The summed E-state index contributed by atoms with van der Waals surface area (Å²) in [4.78, 5) is 19.1. The highest BCUT2D eigenvalue weighted by Gasteiger charge is 2.38. The van der Waals surface area contributed by atoms with Crippen LogP contribution in [-0.2, 0) is 0 Å². The molecule has 0 saturated carbocycles. The van der Waals surface area contributed by atoms with Gasteiger partial charge in [-0.05, 0) is 47.6 Å². The molecule has 1 amide bonds. The molecule has 0 radical (unpaired) electrons. The Morgan fingerprint density at radius 2 is 2.16 bits per heavy atom. The van der Waals surface area contributed by atoms with Crippen LogP contribution in [0.15, 0.2) is 30.6 Å². The molecule has 0 bridgehead atoms. The Kier molecular flexibility index (Phi) is 2.45. The molecule has 4 rings (SSSR count). The highest BCUT2D eigenvalue weighted by molar-refractivity contribution is 14.1. The number of para-hydroxylation sites is 1. The Hall–Kier alpha value is -1.37. The Balaban J connectivity index is 2.06. The van der Waals surface area contributed by atoms with E-state index in [1.165, 1.54) is 0 Å². The van der Waals surface area contributed by atoms with Gasteiger partial charge in [-0.1, -0.05) is 12.1 Å². The fourth-order valence-corrected chi connectivity index (χ4v) is 3.88. The maximum absolute atomic E-state index is 12.7. The summed E-state index contributed by atoms with van der Waals surface area (Å²) in [5.74, 6) is 0.151. The predicted molar refractivity (Wildman–Crippen MR) is 79.3 cm³/mol. The first kappa shape index (κ1) is 11.5. The van der Waals surface area contributed by atoms with Crippen molar-refractivity contribution < 1.29 is 4.79 Å². The van der Waals surface area contributed by atoms with E-state index >= 15 is 0 Å². The molecule has 96 valence electrons. The molecule has 2 aliphatic heterocycles. The molecule has 2 aromatic rings. The molecule has 5 heteroatoms. The van der Waals surface area contributed by atoms with Crippen LogP contribution in [0.2, 0.25) is 0 Å². The van der Waals surface area contributed by atoms with Gasteiger partial charge in [0.05, 0.1) is 23.0 Å². The van der Waals surface area contributed by atoms with Crippen molar-refractivity contribution >= 4 is 28.5 Å². The van der Waals surface area contributed by atoms with Crippen LogP contribution in [-0.4, -0.2) is 26.9 Å². The maximum Gasteiger partial charge on any atom is 0.256 e. The second-order valence-corrected chi connectivity index (χ2v) is 5.99. The van der Waals surface area contributed by atoms with E-state index in [1.807, 2.05) is 35.5 Å². The van der Waals surface area contributed by atoms with Crippen molar-refractivity contribution in [2.75, 3.05) is 6.54 Å². The summed E-state index contributed by atoms with van der Waals surface area (Å²) in [6.45, 7) is 0.846. The van der Waals surface area contributed by atoms with Crippen LogP contribution in [0.3, 0.4) is 0 Å². The normalized spacial score (nSPS) is 20.8. The average Bonchev–Trinajstić information content (AvgIpc) is 3.02. The summed E-state index contributed by atoms with van der Waals surface area (Å²) in [6.07, 6.45) is 3.94. The number of nitrogens with zero attached hydrogens (tertiary/aromatic N) is 3. The first-order chi connectivity index (χ1) is 9.27. The fourth-order valence-electron chi connectivity index (χ4n) is 3.14. The number of rotatable bonds is 0. The minimum absolute atomic E-state index is 0.151. The molecule has 1 aromatic heterocycles. The zero-order chi connectivity index (χ0) is 13.0. The molecule has 0 aliphatic carbocycles. The monoisotopic (exact) mass is 365 g/mol. The van der Waals surface area contributed by atoms with Gasteiger partial charge in [-0.15, -0.1) is 0 Å². The molecule has 0 spiro atoms. The van der Waals surface area contributed by atoms with Crippen molar-refractivity contribution in [1.82, 2.24) is 14.5 Å². The van der Waals surface area contributed by atoms with E-state index in [2.05, 4.69) is 32.1 Å². The van der Waals surface area contributed by atoms with E-state index in [1.54, 1.807) is 0 Å². The molecule has 2 aliphatic rings. The van der Waals surface area contributed by atoms with E-state index in [0.717, 1.165) is 40.0 Å². The van der Waals surface area contributed by atoms with Crippen LogP contribution in [0.25, 0.3) is 5.69 Å². The summed E-state index contributed by atoms with van der Waals surface area (Å²) in [5, 5.41) is 0. The third kappa shape index (κ3) is 1.51. The van der Waals surface area contributed by atoms with Gasteiger partial charge in [0, 0.05) is 6.54 Å². The quantitative estimate of drug-likeness (QED) is 0.674. The topological polar surface area (TPSA) is 38.1 Å². The number of carbonyl (C=O) groups is 1. The van der Waals surface area contributed by atoms with Crippen LogP contribution in [0.5, 0.6) is 0 Å². The van der Waals surface area contributed by atoms with Gasteiger partial charge in [0.2, 0.25) is 0 Å². The Bertz CT molecular complexity index is 679. The lowest BCUT2D eigenvalue weighted by Crippen LogP contribution is -2.29. The zero-order valence-electron chi connectivity index (χ0n) is 10.2. The number of imidazole rings is 1. The number of hydrogen-bond acceptors (Lipinski definition) is 2. The van der Waals surface area contributed by atoms with Gasteiger partial charge in [-0.25, -0.2) is 4.98 Å². The van der Waals surface area contributed by atoms with E-state index < -0.39 is 0 Å². The van der Waals surface area contributed by atoms with Crippen molar-refractivity contribution in [3.8, 4) is 5.69 Å². The predicted octanol–water partition coefficient (Wildman–Crippen LogP) is 2.77. The standard InChI is InChI=1S/C14H12IN3O/c15-13-12-11-6-3-7-17(11)14(19)9-4-1-2-5-10(9)18(12)8-16-13/h1-2,4-5,8,11H,3,6-7H2/t11-/m0/s1. The van der Waals surface area contributed by atoms with E-state index in [4.69, 9.17) is 0 Å². The van der Waals surface area contributed by atoms with E-state index in [0.29, 0.717) is 0 Å². The number of aromatic nitrogens is 2. The van der Waals surface area contributed by atoms with Gasteiger partial charge in [-0.3, -0.25) is 9.36 Å². The lowest BCUT2D eigenvalue weighted by atomic mass is 10.1. The molecular formula is C14H12IN3O. The van der Waals surface area contributed by atoms with Gasteiger partial charge in [-0.2, -0.15) is 0 Å². The molecule has 1 saturated heterocycles. The van der Waals surface area contributed by atoms with Gasteiger partial charge in [0.1, 0.15) is 10.0 Å². The minimum atomic E-state index is 0.151. The SMILES string of the molecule is O=C1c2ccccc2-n2cnc(I)c2[C@@H]2CCCN12. The average molecular weight is 365 g/mol. The van der Waals surface area contributed by atoms with Gasteiger partial charge in [0.25, 0.3) is 5.91 Å². The lowest BCUT2D eigenvalue weighted by Gasteiger charge is -2.22. The number of fused-ring (bicyclic) bond motifs is 5. The van der Waals surface area contributed by atoms with Crippen LogP contribution in [0, 0.1) is 3.70 Å². The molecule has 19 heavy (non-hydrogen) atoms. The number of carbonyl (C=O) groups excluding carboxylic acids is 1. The molecule has 4 nitrogen and oxygen atoms in total. The largest absolute Gasteiger partial charge is 0.330 e. The van der Waals surface area contributed by atoms with E-state index in [9.17, 15) is 4.79 Å². The second kappa shape index (κ2) is 4.06. The Morgan fingerprint density at radius 3 is 3.05 bits per heavy atom. The first-order valence-electron chi connectivity index (χ1n) is 6.40. The highest BCUT2D eigenvalue weighted by atomic mass is 127. The van der Waals surface area contributed by atoms with Crippen molar-refractivity contribution in [3.63, 3.8) is 0 Å². The Morgan fingerprint density at radius 1 is 1.32 bits per heavy atom. The number of amides is 1. The third-order valence-electron chi connectivity index (χ3n) is 3.98. The van der Waals surface area contributed by atoms with Crippen LogP contribution >= 0.6 is 22.6 Å². The number of benzene rings is 1. The zero-order valence-corrected chi connectivity index (χ0v) is 12.4. The molecule has 0 N–H and O–H groups in total.